The minimum absolute atomic E-state index is 0.0561. The highest BCUT2D eigenvalue weighted by Gasteiger charge is 2.32. The lowest BCUT2D eigenvalue weighted by Crippen LogP contribution is -2.45. The normalized spacial score (nSPS) is 18.2. The number of nitrogens with zero attached hydrogens (tertiary/aromatic N) is 3. The van der Waals surface area contributed by atoms with E-state index in [1.807, 2.05) is 48.7 Å². The molecule has 2 fully saturated rings. The lowest BCUT2D eigenvalue weighted by molar-refractivity contribution is -0.142. The maximum atomic E-state index is 13.3. The second-order valence-corrected chi connectivity index (χ2v) is 8.11. The summed E-state index contributed by atoms with van der Waals surface area (Å²) in [6, 6.07) is 13.0. The van der Waals surface area contributed by atoms with Gasteiger partial charge in [-0.25, -0.2) is 4.98 Å². The number of rotatable bonds is 6. The van der Waals surface area contributed by atoms with Crippen molar-refractivity contribution in [1.82, 2.24) is 15.2 Å². The number of piperidine rings is 2. The summed E-state index contributed by atoms with van der Waals surface area (Å²) in [6.45, 7) is 3.04. The van der Waals surface area contributed by atoms with Crippen LogP contribution in [-0.2, 0) is 16.1 Å². The molecular weight excluding hydrogens is 376 g/mol. The maximum Gasteiger partial charge on any atom is 0.247 e. The molecule has 2 amide bonds. The Hall–Kier alpha value is -2.89. The molecule has 0 saturated carbocycles. The highest BCUT2D eigenvalue weighted by atomic mass is 16.2. The van der Waals surface area contributed by atoms with Crippen LogP contribution in [0.5, 0.6) is 0 Å². The minimum Gasteiger partial charge on any atom is -0.356 e. The van der Waals surface area contributed by atoms with Crippen LogP contribution in [0.4, 0.5) is 5.82 Å². The van der Waals surface area contributed by atoms with Gasteiger partial charge in [-0.1, -0.05) is 36.4 Å². The van der Waals surface area contributed by atoms with Crippen molar-refractivity contribution in [2.24, 2.45) is 0 Å². The van der Waals surface area contributed by atoms with Gasteiger partial charge < -0.3 is 15.1 Å². The number of aromatic nitrogens is 1. The molecule has 158 valence electrons. The van der Waals surface area contributed by atoms with Gasteiger partial charge in [-0.05, 0) is 43.7 Å². The van der Waals surface area contributed by atoms with Crippen LogP contribution in [0.3, 0.4) is 0 Å². The average molecular weight is 407 g/mol. The molecule has 6 nitrogen and oxygen atoms in total. The van der Waals surface area contributed by atoms with Gasteiger partial charge in [-0.3, -0.25) is 9.59 Å². The first-order chi connectivity index (χ1) is 14.7. The predicted molar refractivity (Wildman–Crippen MR) is 117 cm³/mol. The Bertz CT molecular complexity index is 865. The Kier molecular flexibility index (Phi) is 6.62. The zero-order valence-electron chi connectivity index (χ0n) is 17.4. The van der Waals surface area contributed by atoms with Gasteiger partial charge in [-0.15, -0.1) is 0 Å². The van der Waals surface area contributed by atoms with Crippen LogP contribution in [0, 0.1) is 0 Å². The first-order valence-electron chi connectivity index (χ1n) is 11.0. The summed E-state index contributed by atoms with van der Waals surface area (Å²) in [6.07, 6.45) is 7.77. The van der Waals surface area contributed by atoms with Crippen molar-refractivity contribution >= 4 is 17.6 Å². The van der Waals surface area contributed by atoms with E-state index in [4.69, 9.17) is 0 Å². The molecule has 3 heterocycles. The van der Waals surface area contributed by atoms with Crippen molar-refractivity contribution in [1.29, 1.82) is 0 Å². The summed E-state index contributed by atoms with van der Waals surface area (Å²) in [5, 5.41) is 3.10. The van der Waals surface area contributed by atoms with Crippen molar-refractivity contribution in [3.05, 3.63) is 59.8 Å². The third-order valence-corrected chi connectivity index (χ3v) is 6.01. The highest BCUT2D eigenvalue weighted by molar-refractivity contribution is 5.89. The second kappa shape index (κ2) is 9.74. The Morgan fingerprint density at radius 2 is 1.73 bits per heavy atom. The maximum absolute atomic E-state index is 13.3. The molecule has 2 aromatic rings. The van der Waals surface area contributed by atoms with Gasteiger partial charge in [0.15, 0.2) is 0 Å². The fourth-order valence-corrected chi connectivity index (χ4v) is 4.45. The number of nitrogens with one attached hydrogen (secondary N) is 1. The summed E-state index contributed by atoms with van der Waals surface area (Å²) in [4.78, 5) is 34.5. The molecule has 0 bridgehead atoms. The van der Waals surface area contributed by atoms with Crippen molar-refractivity contribution < 1.29 is 9.59 Å². The fourth-order valence-electron chi connectivity index (χ4n) is 4.45. The zero-order chi connectivity index (χ0) is 20.8. The van der Waals surface area contributed by atoms with E-state index in [9.17, 15) is 9.59 Å². The number of anilines is 1. The smallest absolute Gasteiger partial charge is 0.247 e. The largest absolute Gasteiger partial charge is 0.356 e. The van der Waals surface area contributed by atoms with Gasteiger partial charge in [0.1, 0.15) is 11.9 Å². The topological polar surface area (TPSA) is 65.5 Å². The molecule has 1 atom stereocenters. The van der Waals surface area contributed by atoms with Gasteiger partial charge in [0, 0.05) is 44.4 Å². The Morgan fingerprint density at radius 3 is 2.50 bits per heavy atom. The van der Waals surface area contributed by atoms with Crippen LogP contribution in [0.2, 0.25) is 0 Å². The standard InChI is InChI=1S/C24H30N4O2/c29-21-13-5-8-17-28(21)22(19-10-3-1-4-11-19)24(30)26-18-20-12-9-14-25-23(20)27-15-6-2-7-16-27/h1,3-4,9-12,14,22H,2,5-8,13,15-18H2,(H,26,30). The minimum atomic E-state index is -0.589. The fraction of sp³-hybridized carbons (Fsp3) is 0.458. The molecule has 1 aromatic heterocycles. The molecule has 2 aliphatic heterocycles. The van der Waals surface area contributed by atoms with Crippen molar-refractivity contribution in [2.45, 2.75) is 51.1 Å². The number of carbonyl (C=O) groups excluding carboxylic acids is 2. The van der Waals surface area contributed by atoms with Crippen LogP contribution >= 0.6 is 0 Å². The molecule has 0 aliphatic carbocycles. The first-order valence-corrected chi connectivity index (χ1v) is 11.0. The third kappa shape index (κ3) is 4.64. The zero-order valence-corrected chi connectivity index (χ0v) is 17.4. The number of pyridine rings is 1. The molecule has 4 rings (SSSR count). The molecule has 0 spiro atoms. The molecule has 6 heteroatoms. The van der Waals surface area contributed by atoms with Crippen molar-refractivity contribution in [3.8, 4) is 0 Å². The summed E-state index contributed by atoms with van der Waals surface area (Å²) in [5.41, 5.74) is 1.87. The Labute approximate surface area is 178 Å². The number of amides is 2. The molecule has 1 unspecified atom stereocenters. The van der Waals surface area contributed by atoms with Crippen LogP contribution in [-0.4, -0.2) is 41.3 Å². The predicted octanol–water partition coefficient (Wildman–Crippen LogP) is 3.44. The molecule has 1 N–H and O–H groups in total. The van der Waals surface area contributed by atoms with Crippen LogP contribution in [0.1, 0.15) is 55.7 Å². The summed E-state index contributed by atoms with van der Waals surface area (Å²) < 4.78 is 0. The van der Waals surface area contributed by atoms with Crippen molar-refractivity contribution in [2.75, 3.05) is 24.5 Å². The molecule has 2 aliphatic rings. The Morgan fingerprint density at radius 1 is 0.967 bits per heavy atom. The number of benzene rings is 1. The number of carbonyl (C=O) groups is 2. The highest BCUT2D eigenvalue weighted by Crippen LogP contribution is 2.27. The van der Waals surface area contributed by atoms with E-state index in [0.717, 1.165) is 42.9 Å². The quantitative estimate of drug-likeness (QED) is 0.798. The van der Waals surface area contributed by atoms with E-state index in [-0.39, 0.29) is 11.8 Å². The third-order valence-electron chi connectivity index (χ3n) is 6.01. The van der Waals surface area contributed by atoms with Crippen LogP contribution < -0.4 is 10.2 Å². The van der Waals surface area contributed by atoms with Crippen LogP contribution in [0.15, 0.2) is 48.7 Å². The summed E-state index contributed by atoms with van der Waals surface area (Å²) in [7, 11) is 0. The average Bonchev–Trinajstić information content (AvgIpc) is 2.81. The Balaban J connectivity index is 1.52. The number of hydrogen-bond donors (Lipinski definition) is 1. The molecule has 0 radical (unpaired) electrons. The lowest BCUT2D eigenvalue weighted by atomic mass is 10.0. The molecule has 2 saturated heterocycles. The lowest BCUT2D eigenvalue weighted by Gasteiger charge is -2.34. The molecular formula is C24H30N4O2. The first kappa shape index (κ1) is 20.4. The van der Waals surface area contributed by atoms with E-state index in [1.165, 1.54) is 19.3 Å². The monoisotopic (exact) mass is 406 g/mol. The van der Waals surface area contributed by atoms with Crippen molar-refractivity contribution in [3.63, 3.8) is 0 Å². The summed E-state index contributed by atoms with van der Waals surface area (Å²) in [5.74, 6) is 0.883. The van der Waals surface area contributed by atoms with E-state index >= 15 is 0 Å². The van der Waals surface area contributed by atoms with E-state index in [2.05, 4.69) is 15.2 Å². The van der Waals surface area contributed by atoms with Gasteiger partial charge in [0.25, 0.3) is 0 Å². The van der Waals surface area contributed by atoms with E-state index in [1.54, 1.807) is 4.90 Å². The number of hydrogen-bond acceptors (Lipinski definition) is 4. The molecule has 1 aromatic carbocycles. The van der Waals surface area contributed by atoms with E-state index < -0.39 is 6.04 Å². The van der Waals surface area contributed by atoms with Gasteiger partial charge >= 0.3 is 0 Å². The summed E-state index contributed by atoms with van der Waals surface area (Å²) >= 11 is 0. The number of likely N-dealkylation sites (tertiary alicyclic amines) is 1. The van der Waals surface area contributed by atoms with E-state index in [0.29, 0.717) is 19.5 Å². The van der Waals surface area contributed by atoms with Gasteiger partial charge in [0.05, 0.1) is 0 Å². The van der Waals surface area contributed by atoms with Gasteiger partial charge in [-0.2, -0.15) is 0 Å². The van der Waals surface area contributed by atoms with Crippen LogP contribution in [0.25, 0.3) is 0 Å². The van der Waals surface area contributed by atoms with Gasteiger partial charge in [0.2, 0.25) is 11.8 Å². The SMILES string of the molecule is O=C(NCc1cccnc1N1CCCCC1)C(c1ccccc1)N1CCCCC1=O. The molecule has 30 heavy (non-hydrogen) atoms. The second-order valence-electron chi connectivity index (χ2n) is 8.11.